The highest BCUT2D eigenvalue weighted by atomic mass is 19.4. The first kappa shape index (κ1) is 33.6. The molecule has 9 rings (SSSR count). The molecule has 4 N–H and O–H groups in total. The molecule has 1 amide bonds. The minimum absolute atomic E-state index is 0.347. The largest absolute Gasteiger partial charge is 0.472 e. The Hall–Kier alpha value is -7.26. The van der Waals surface area contributed by atoms with Crippen molar-refractivity contribution in [3.8, 4) is 0 Å². The quantitative estimate of drug-likeness (QED) is 0.163. The van der Waals surface area contributed by atoms with Crippen molar-refractivity contribution in [3.63, 3.8) is 0 Å². The number of halogens is 3. The molecule has 55 heavy (non-hydrogen) atoms. The summed E-state index contributed by atoms with van der Waals surface area (Å²) >= 11 is 0. The number of nitrogens with one attached hydrogen (secondary N) is 4. The molecule has 268 valence electrons. The normalized spacial score (nSPS) is 12.9. The number of carbonyl (C=O) groups is 1. The fraction of sp³-hybridized carbons (Fsp3) is 0.0217. The average molecular weight is 728 g/mol. The van der Waals surface area contributed by atoms with Crippen LogP contribution in [0.5, 0.6) is 0 Å². The predicted octanol–water partition coefficient (Wildman–Crippen LogP) is 6.41. The Balaban J connectivity index is 1.49. The molecule has 8 bridgehead atoms. The van der Waals surface area contributed by atoms with Crippen molar-refractivity contribution < 1.29 is 18.0 Å². The number of hydrogen-bond donors (Lipinski definition) is 4. The molecule has 0 saturated carbocycles. The molecule has 0 aliphatic carbocycles. The molecule has 5 heterocycles. The van der Waals surface area contributed by atoms with Gasteiger partial charge >= 0.3 is 12.1 Å². The summed E-state index contributed by atoms with van der Waals surface area (Å²) in [6.07, 6.45) is -5.15. The highest BCUT2D eigenvalue weighted by Gasteiger charge is 2.39. The third-order valence-electron chi connectivity index (χ3n) is 9.79. The molecule has 8 aromatic rings. The number of carbonyl (C=O) groups excluding carboxylic acids is 1. The fourth-order valence-corrected chi connectivity index (χ4v) is 7.39. The van der Waals surface area contributed by atoms with Crippen LogP contribution in [0.1, 0.15) is 45.0 Å². The number of benzene rings is 4. The van der Waals surface area contributed by atoms with Crippen LogP contribution >= 0.6 is 0 Å². The second kappa shape index (κ2) is 13.6. The summed E-state index contributed by atoms with van der Waals surface area (Å²) in [7, 11) is 0. The Morgan fingerprint density at radius 3 is 1.09 bits per heavy atom. The summed E-state index contributed by atoms with van der Waals surface area (Å²) < 4.78 is 43.7. The van der Waals surface area contributed by atoms with E-state index in [2.05, 4.69) is 32.5 Å². The van der Waals surface area contributed by atoms with Crippen LogP contribution in [-0.2, 0) is 4.79 Å². The van der Waals surface area contributed by atoms with Crippen LogP contribution in [0.2, 0.25) is 0 Å². The van der Waals surface area contributed by atoms with E-state index >= 15 is 0 Å². The molecule has 0 atom stereocenters. The predicted molar refractivity (Wildman–Crippen MR) is 208 cm³/mol. The van der Waals surface area contributed by atoms with E-state index in [9.17, 15) is 18.0 Å². The van der Waals surface area contributed by atoms with Crippen LogP contribution in [0.4, 0.5) is 13.2 Å². The summed E-state index contributed by atoms with van der Waals surface area (Å²) in [6.45, 7) is 0. The molecule has 6 nitrogen and oxygen atoms in total. The average Bonchev–Trinajstić information content (AvgIpc) is 4.04. The number of amides is 1. The summed E-state index contributed by atoms with van der Waals surface area (Å²) in [5, 5.41) is 2.42. The van der Waals surface area contributed by atoms with Crippen LogP contribution in [0.25, 0.3) is 22.3 Å². The van der Waals surface area contributed by atoms with E-state index in [1.165, 1.54) is 4.68 Å². The van der Waals surface area contributed by atoms with Crippen LogP contribution in [-0.4, -0.2) is 31.7 Å². The lowest BCUT2D eigenvalue weighted by Crippen LogP contribution is -2.45. The number of nitrogens with zero attached hydrogens (tertiary/aromatic N) is 1. The fourth-order valence-electron chi connectivity index (χ4n) is 7.39. The van der Waals surface area contributed by atoms with Crippen LogP contribution in [0.3, 0.4) is 0 Å². The Labute approximate surface area is 312 Å². The van der Waals surface area contributed by atoms with Gasteiger partial charge in [0.25, 0.3) is 0 Å². The minimum Gasteiger partial charge on any atom is -0.354 e. The molecule has 4 aromatic carbocycles. The zero-order valence-corrected chi connectivity index (χ0v) is 29.2. The molecular weight excluding hydrogens is 696 g/mol. The van der Waals surface area contributed by atoms with Crippen LogP contribution in [0.15, 0.2) is 170 Å². The van der Waals surface area contributed by atoms with E-state index < -0.39 is 12.1 Å². The maximum absolute atomic E-state index is 14.2. The van der Waals surface area contributed by atoms with Crippen LogP contribution in [0, 0.1) is 0 Å². The smallest absolute Gasteiger partial charge is 0.354 e. The van der Waals surface area contributed by atoms with Crippen molar-refractivity contribution >= 4 is 28.2 Å². The van der Waals surface area contributed by atoms with Gasteiger partial charge in [-0.25, -0.2) is 0 Å². The van der Waals surface area contributed by atoms with Gasteiger partial charge in [-0.3, -0.25) is 14.9 Å². The van der Waals surface area contributed by atoms with Gasteiger partial charge in [0.1, 0.15) is 0 Å². The van der Waals surface area contributed by atoms with Gasteiger partial charge in [-0.15, -0.1) is 0 Å². The topological polar surface area (TPSA) is 81.4 Å². The third kappa shape index (κ3) is 6.21. The van der Waals surface area contributed by atoms with Gasteiger partial charge in [-0.05, 0) is 70.8 Å². The van der Waals surface area contributed by atoms with E-state index in [4.69, 9.17) is 0 Å². The molecule has 0 fully saturated rings. The van der Waals surface area contributed by atoms with Crippen molar-refractivity contribution in [1.29, 1.82) is 0 Å². The van der Waals surface area contributed by atoms with E-state index in [-0.39, 0.29) is 0 Å². The number of hydrogen-bond acceptors (Lipinski definition) is 1. The Morgan fingerprint density at radius 1 is 0.418 bits per heavy atom. The van der Waals surface area contributed by atoms with Gasteiger partial charge < -0.3 is 15.0 Å². The van der Waals surface area contributed by atoms with Gasteiger partial charge in [0.15, 0.2) is 0 Å². The number of aromatic nitrogens is 4. The number of H-pyrrole nitrogens is 3. The molecule has 9 heteroatoms. The molecule has 0 unspecified atom stereocenters. The second-order valence-electron chi connectivity index (χ2n) is 13.2. The van der Waals surface area contributed by atoms with E-state index in [0.717, 1.165) is 55.5 Å². The van der Waals surface area contributed by atoms with Gasteiger partial charge in [0.2, 0.25) is 0 Å². The van der Waals surface area contributed by atoms with Crippen LogP contribution < -0.4 is 26.8 Å². The molecule has 0 radical (unpaired) electrons. The maximum atomic E-state index is 14.2. The van der Waals surface area contributed by atoms with Gasteiger partial charge in [0.05, 0.1) is 10.7 Å². The first-order chi connectivity index (χ1) is 26.8. The van der Waals surface area contributed by atoms with E-state index in [1.807, 2.05) is 146 Å². The summed E-state index contributed by atoms with van der Waals surface area (Å²) in [6, 6.07) is 54.3. The second-order valence-corrected chi connectivity index (χ2v) is 13.2. The number of alkyl halides is 3. The molecule has 1 aliphatic heterocycles. The standard InChI is InChI=1S/C46H32F3N5O/c47-46(48,49)45(55)53-54-39-27-28-40(54)44(32-19-11-4-12-20-32)38-26-24-36(52-38)42(30-15-7-2-8-16-30)34-22-21-33(50-34)41(29-13-5-1-6-14-29)35-23-25-37(51-35)43(39)31-17-9-3-10-18-31/h1-28,50-52H,(H,53,55). The lowest BCUT2D eigenvalue weighted by Gasteiger charge is -2.15. The number of rotatable bonds is 5. The third-order valence-corrected chi connectivity index (χ3v) is 9.79. The van der Waals surface area contributed by atoms with Gasteiger partial charge in [-0.1, -0.05) is 121 Å². The van der Waals surface area contributed by atoms with Crippen molar-refractivity contribution in [1.82, 2.24) is 19.6 Å². The van der Waals surface area contributed by atoms with Crippen molar-refractivity contribution in [2.75, 3.05) is 5.43 Å². The zero-order chi connectivity index (χ0) is 37.5. The minimum atomic E-state index is -5.15. The van der Waals surface area contributed by atoms with E-state index in [0.29, 0.717) is 33.2 Å². The molecule has 1 aliphatic rings. The lowest BCUT2D eigenvalue weighted by molar-refractivity contribution is -0.168. The Morgan fingerprint density at radius 2 is 0.745 bits per heavy atom. The van der Waals surface area contributed by atoms with Gasteiger partial charge in [-0.2, -0.15) is 13.2 Å². The first-order valence-corrected chi connectivity index (χ1v) is 17.7. The monoisotopic (exact) mass is 727 g/mol. The summed E-state index contributed by atoms with van der Waals surface area (Å²) in [5.74, 6) is -2.10. The van der Waals surface area contributed by atoms with Gasteiger partial charge in [0, 0.05) is 55.8 Å². The summed E-state index contributed by atoms with van der Waals surface area (Å²) in [5.41, 5.74) is 11.5. The van der Waals surface area contributed by atoms with Crippen molar-refractivity contribution in [2.24, 2.45) is 0 Å². The lowest BCUT2D eigenvalue weighted by atomic mass is 10.0. The summed E-state index contributed by atoms with van der Waals surface area (Å²) in [4.78, 5) is 23.9. The zero-order valence-electron chi connectivity index (χ0n) is 29.2. The highest BCUT2D eigenvalue weighted by molar-refractivity contribution is 5.90. The molecule has 4 aromatic heterocycles. The highest BCUT2D eigenvalue weighted by Crippen LogP contribution is 2.28. The first-order valence-electron chi connectivity index (χ1n) is 17.7. The molecular formula is C46H32F3N5O. The molecule has 0 spiro atoms. The Bertz CT molecular complexity index is 2750. The van der Waals surface area contributed by atoms with Crippen molar-refractivity contribution in [2.45, 2.75) is 6.18 Å². The van der Waals surface area contributed by atoms with Crippen molar-refractivity contribution in [3.05, 3.63) is 236 Å². The van der Waals surface area contributed by atoms with E-state index in [1.54, 1.807) is 12.1 Å². The molecule has 0 saturated heterocycles. The SMILES string of the molecule is O=C(Nn1c2ccc1=C(c1ccccc1)c1ccc([nH]1)C(c1ccccc1)=c1ccc([nH]1)=C(c1ccccc1)c1ccc([nH]1)C=2c1ccccc1)C(F)(F)F. The number of fused-ring (bicyclic) bond motifs is 8. The maximum Gasteiger partial charge on any atom is 0.472 e. The Kier molecular flexibility index (Phi) is 8.31. The number of aromatic amines is 3.